The zero-order valence-electron chi connectivity index (χ0n) is 7.88. The molecule has 0 aliphatic heterocycles. The maximum absolute atomic E-state index is 9.84. The first-order valence-electron chi connectivity index (χ1n) is 4.11. The maximum Gasteiger partial charge on any atom is 0.397 e. The zero-order chi connectivity index (χ0) is 10.9. The highest BCUT2D eigenvalue weighted by atomic mass is 32.3. The third-order valence-electron chi connectivity index (χ3n) is 1.14. The van der Waals surface area contributed by atoms with Crippen molar-refractivity contribution >= 4 is 10.4 Å². The van der Waals surface area contributed by atoms with Gasteiger partial charge in [0.05, 0.1) is 12.9 Å². The average molecular weight is 222 g/mol. The Kier molecular flexibility index (Phi) is 6.99. The van der Waals surface area contributed by atoms with E-state index in [9.17, 15) is 8.42 Å². The van der Waals surface area contributed by atoms with E-state index in [1.807, 2.05) is 6.92 Å². The first kappa shape index (κ1) is 13.1. The molecule has 82 valence electrons. The predicted octanol–water partition coefficient (Wildman–Crippen LogP) is 1.02. The molecule has 0 saturated carbocycles. The van der Waals surface area contributed by atoms with Crippen LogP contribution in [0.3, 0.4) is 0 Å². The summed E-state index contributed by atoms with van der Waals surface area (Å²) in [5.74, 6) is 0. The van der Waals surface area contributed by atoms with Crippen molar-refractivity contribution in [3.63, 3.8) is 0 Å². The van der Waals surface area contributed by atoms with Crippen LogP contribution >= 0.6 is 0 Å². The lowest BCUT2D eigenvalue weighted by molar-refractivity contribution is 0.264. The van der Waals surface area contributed by atoms with Crippen molar-refractivity contribution in [1.29, 1.82) is 0 Å². The number of aromatic nitrogens is 2. The highest BCUT2D eigenvalue weighted by Gasteiger charge is 2.00. The van der Waals surface area contributed by atoms with Crippen LogP contribution in [0, 0.1) is 0 Å². The number of H-pyrrole nitrogens is 1. The van der Waals surface area contributed by atoms with Crippen molar-refractivity contribution in [3.8, 4) is 0 Å². The van der Waals surface area contributed by atoms with Gasteiger partial charge >= 0.3 is 10.4 Å². The second-order valence-electron chi connectivity index (χ2n) is 2.36. The van der Waals surface area contributed by atoms with Crippen LogP contribution < -0.4 is 0 Å². The molecule has 1 aromatic heterocycles. The summed E-state index contributed by atoms with van der Waals surface area (Å²) in [6.45, 7) is 1.96. The van der Waals surface area contributed by atoms with Gasteiger partial charge in [0.15, 0.2) is 0 Å². The normalized spacial score (nSPS) is 10.4. The quantitative estimate of drug-likeness (QED) is 0.586. The molecule has 0 unspecified atom stereocenters. The van der Waals surface area contributed by atoms with Gasteiger partial charge in [-0.1, -0.05) is 13.3 Å². The van der Waals surface area contributed by atoms with Gasteiger partial charge in [0.25, 0.3) is 0 Å². The Hall–Kier alpha value is -0.920. The second-order valence-corrected chi connectivity index (χ2v) is 3.45. The second kappa shape index (κ2) is 7.48. The van der Waals surface area contributed by atoms with Crippen molar-refractivity contribution in [1.82, 2.24) is 9.97 Å². The molecule has 7 heteroatoms. The molecule has 1 heterocycles. The Morgan fingerprint density at radius 3 is 2.57 bits per heavy atom. The largest absolute Gasteiger partial charge is 0.397 e. The summed E-state index contributed by atoms with van der Waals surface area (Å²) in [6.07, 6.45) is 6.56. The van der Waals surface area contributed by atoms with E-state index in [2.05, 4.69) is 14.2 Å². The number of hydrogen-bond acceptors (Lipinski definition) is 4. The summed E-state index contributed by atoms with van der Waals surface area (Å²) >= 11 is 0. The highest BCUT2D eigenvalue weighted by molar-refractivity contribution is 7.80. The molecule has 0 atom stereocenters. The SMILES string of the molecule is CCCCOS(=O)(=O)O.c1c[nH]cn1. The number of hydrogen-bond donors (Lipinski definition) is 2. The topological polar surface area (TPSA) is 92.3 Å². The number of aromatic amines is 1. The van der Waals surface area contributed by atoms with Gasteiger partial charge in [-0.2, -0.15) is 8.42 Å². The van der Waals surface area contributed by atoms with Crippen molar-refractivity contribution in [2.45, 2.75) is 19.8 Å². The molecule has 0 aliphatic rings. The van der Waals surface area contributed by atoms with Gasteiger partial charge in [-0.15, -0.1) is 0 Å². The summed E-state index contributed by atoms with van der Waals surface area (Å²) in [7, 11) is -4.20. The third kappa shape index (κ3) is 11.1. The van der Waals surface area contributed by atoms with E-state index >= 15 is 0 Å². The summed E-state index contributed by atoms with van der Waals surface area (Å²) in [6, 6.07) is 0. The Labute approximate surface area is 83.3 Å². The first-order valence-corrected chi connectivity index (χ1v) is 5.47. The number of nitrogens with zero attached hydrogens (tertiary/aromatic N) is 1. The van der Waals surface area contributed by atoms with Gasteiger partial charge in [0.1, 0.15) is 0 Å². The average Bonchev–Trinajstić information content (AvgIpc) is 2.59. The molecule has 0 bridgehead atoms. The number of imidazole rings is 1. The summed E-state index contributed by atoms with van der Waals surface area (Å²) in [5.41, 5.74) is 0. The Balaban J connectivity index is 0.000000280. The van der Waals surface area contributed by atoms with Crippen LogP contribution in [0.1, 0.15) is 19.8 Å². The van der Waals surface area contributed by atoms with E-state index in [0.29, 0.717) is 6.42 Å². The van der Waals surface area contributed by atoms with E-state index in [-0.39, 0.29) is 6.61 Å². The van der Waals surface area contributed by atoms with Crippen LogP contribution in [0.15, 0.2) is 18.7 Å². The van der Waals surface area contributed by atoms with E-state index in [1.54, 1.807) is 18.7 Å². The fraction of sp³-hybridized carbons (Fsp3) is 0.571. The third-order valence-corrected chi connectivity index (χ3v) is 1.60. The Morgan fingerprint density at radius 1 is 1.57 bits per heavy atom. The molecule has 1 aromatic rings. The van der Waals surface area contributed by atoms with Crippen LogP contribution in [-0.2, 0) is 14.6 Å². The van der Waals surface area contributed by atoms with Gasteiger partial charge in [-0.25, -0.2) is 9.17 Å². The Morgan fingerprint density at radius 2 is 2.29 bits per heavy atom. The molecule has 1 rings (SSSR count). The fourth-order valence-electron chi connectivity index (χ4n) is 0.524. The van der Waals surface area contributed by atoms with E-state index in [1.165, 1.54) is 0 Å². The molecule has 2 N–H and O–H groups in total. The summed E-state index contributed by atoms with van der Waals surface area (Å²) in [4.78, 5) is 6.42. The minimum atomic E-state index is -4.20. The highest BCUT2D eigenvalue weighted by Crippen LogP contribution is 1.91. The number of nitrogens with one attached hydrogen (secondary N) is 1. The van der Waals surface area contributed by atoms with Crippen molar-refractivity contribution in [2.75, 3.05) is 6.61 Å². The lowest BCUT2D eigenvalue weighted by Crippen LogP contribution is -2.04. The van der Waals surface area contributed by atoms with Crippen molar-refractivity contribution in [3.05, 3.63) is 18.7 Å². The van der Waals surface area contributed by atoms with E-state index in [0.717, 1.165) is 6.42 Å². The van der Waals surface area contributed by atoms with Gasteiger partial charge in [-0.3, -0.25) is 4.55 Å². The Bertz CT molecular complexity index is 278. The lowest BCUT2D eigenvalue weighted by Gasteiger charge is -1.95. The molecular weight excluding hydrogens is 208 g/mol. The molecule has 0 aromatic carbocycles. The van der Waals surface area contributed by atoms with Crippen LogP contribution in [0.4, 0.5) is 0 Å². The molecule has 14 heavy (non-hydrogen) atoms. The van der Waals surface area contributed by atoms with Gasteiger partial charge in [0.2, 0.25) is 0 Å². The van der Waals surface area contributed by atoms with Crippen LogP contribution in [0.25, 0.3) is 0 Å². The molecular formula is C7H14N2O4S. The summed E-state index contributed by atoms with van der Waals surface area (Å²) in [5, 5.41) is 0. The van der Waals surface area contributed by atoms with Crippen LogP contribution in [0.5, 0.6) is 0 Å². The molecule has 0 amide bonds. The van der Waals surface area contributed by atoms with Gasteiger partial charge in [-0.05, 0) is 6.42 Å². The number of rotatable bonds is 4. The minimum Gasteiger partial charge on any atom is -0.351 e. The first-order chi connectivity index (χ1) is 6.56. The van der Waals surface area contributed by atoms with Gasteiger partial charge < -0.3 is 4.98 Å². The van der Waals surface area contributed by atoms with E-state index in [4.69, 9.17) is 4.55 Å². The molecule has 0 aliphatic carbocycles. The molecule has 0 saturated heterocycles. The zero-order valence-corrected chi connectivity index (χ0v) is 8.70. The monoisotopic (exact) mass is 222 g/mol. The van der Waals surface area contributed by atoms with E-state index < -0.39 is 10.4 Å². The van der Waals surface area contributed by atoms with Gasteiger partial charge in [0, 0.05) is 12.4 Å². The fourth-order valence-corrected chi connectivity index (χ4v) is 0.852. The minimum absolute atomic E-state index is 0.0648. The molecule has 0 fully saturated rings. The lowest BCUT2D eigenvalue weighted by atomic mass is 10.4. The van der Waals surface area contributed by atoms with Crippen molar-refractivity contribution in [2.24, 2.45) is 0 Å². The maximum atomic E-state index is 9.84. The molecule has 0 radical (unpaired) electrons. The predicted molar refractivity (Wildman–Crippen MR) is 51.0 cm³/mol. The summed E-state index contributed by atoms with van der Waals surface area (Å²) < 4.78 is 31.7. The smallest absolute Gasteiger partial charge is 0.351 e. The standard InChI is InChI=1S/C4H10O4S.C3H4N2/c1-2-3-4-8-9(5,6)7;1-2-5-3-4-1/h2-4H2,1H3,(H,5,6,7);1-3H,(H,4,5). The van der Waals surface area contributed by atoms with Crippen molar-refractivity contribution < 1.29 is 17.2 Å². The number of unbranched alkanes of at least 4 members (excludes halogenated alkanes) is 1. The van der Waals surface area contributed by atoms with Crippen LogP contribution in [-0.4, -0.2) is 29.5 Å². The van der Waals surface area contributed by atoms with Crippen LogP contribution in [0.2, 0.25) is 0 Å². The molecule has 6 nitrogen and oxygen atoms in total. The molecule has 0 spiro atoms.